The van der Waals surface area contributed by atoms with Gasteiger partial charge in [0.1, 0.15) is 0 Å². The first-order valence-electron chi connectivity index (χ1n) is 26.3. The maximum absolute atomic E-state index is 13.0. The second-order valence-electron chi connectivity index (χ2n) is 24.6. The number of fused-ring (bicyclic) bond motifs is 10. The van der Waals surface area contributed by atoms with E-state index in [9.17, 15) is 30.0 Å². The van der Waals surface area contributed by atoms with Crippen molar-refractivity contribution < 1.29 is 30.0 Å². The quantitative estimate of drug-likeness (QED) is 0.0965. The molecule has 2 amide bonds. The van der Waals surface area contributed by atoms with Crippen LogP contribution >= 0.6 is 0 Å². The second-order valence-corrected chi connectivity index (χ2v) is 24.6. The van der Waals surface area contributed by atoms with Crippen molar-refractivity contribution in [2.24, 2.45) is 92.7 Å². The lowest BCUT2D eigenvalue weighted by Crippen LogP contribution is -2.58. The molecule has 8 nitrogen and oxygen atoms in total. The molecule has 0 spiro atoms. The number of carbonyl (C=O) groups is 2. The number of rotatable bonds is 14. The number of aliphatic hydroxyl groups is 4. The van der Waals surface area contributed by atoms with E-state index in [1.807, 2.05) is 0 Å². The number of amides is 2. The summed E-state index contributed by atoms with van der Waals surface area (Å²) in [7, 11) is 0. The predicted octanol–water partition coefficient (Wildman–Crippen LogP) is 9.20. The van der Waals surface area contributed by atoms with Crippen molar-refractivity contribution in [3.05, 3.63) is 0 Å². The zero-order valence-corrected chi connectivity index (χ0v) is 39.5. The van der Waals surface area contributed by atoms with Crippen LogP contribution in [-0.2, 0) is 9.59 Å². The van der Waals surface area contributed by atoms with Crippen LogP contribution in [0.5, 0.6) is 0 Å². The molecule has 20 atom stereocenters. The molecule has 0 unspecified atom stereocenters. The van der Waals surface area contributed by atoms with Gasteiger partial charge in [-0.2, -0.15) is 0 Å². The molecule has 8 aliphatic carbocycles. The SMILES string of the molecule is C[C@H](CCC(=O)NCCCCCNC(=O)CC[C@@H](C)[C@H]1CC[C@H]2[C@@H]3CC[C@@H]4C[C@H](O)CC[C@]4(C)[C@H]3C[C@H](O)[C@]12C)[C@H]1CC[C@H]2[C@@H]3CC[C@@H]4C[C@H](O)CC[C@]4(C)[C@H]3C[C@H](O)[C@]12C. The van der Waals surface area contributed by atoms with Crippen molar-refractivity contribution in [3.63, 3.8) is 0 Å². The van der Waals surface area contributed by atoms with Gasteiger partial charge in [0.15, 0.2) is 0 Å². The fourth-order valence-corrected chi connectivity index (χ4v) is 18.5. The molecule has 0 aromatic carbocycles. The van der Waals surface area contributed by atoms with Gasteiger partial charge in [-0.25, -0.2) is 0 Å². The summed E-state index contributed by atoms with van der Waals surface area (Å²) < 4.78 is 0. The van der Waals surface area contributed by atoms with E-state index in [0.717, 1.165) is 96.3 Å². The van der Waals surface area contributed by atoms with Gasteiger partial charge in [-0.15, -0.1) is 0 Å². The van der Waals surface area contributed by atoms with Gasteiger partial charge in [0, 0.05) is 25.9 Å². The molecular formula is C53H90N2O6. The van der Waals surface area contributed by atoms with Crippen LogP contribution in [0.25, 0.3) is 0 Å². The minimum absolute atomic E-state index is 0.0666. The molecule has 0 radical (unpaired) electrons. The highest BCUT2D eigenvalue weighted by Gasteiger charge is 2.65. The summed E-state index contributed by atoms with van der Waals surface area (Å²) in [5.41, 5.74) is 0.376. The van der Waals surface area contributed by atoms with Gasteiger partial charge < -0.3 is 31.1 Å². The van der Waals surface area contributed by atoms with Gasteiger partial charge in [0.25, 0.3) is 0 Å². The van der Waals surface area contributed by atoms with Crippen molar-refractivity contribution in [1.82, 2.24) is 10.6 Å². The Morgan fingerprint density at radius 2 is 0.934 bits per heavy atom. The van der Waals surface area contributed by atoms with E-state index in [2.05, 4.69) is 52.2 Å². The average molecular weight is 851 g/mol. The Balaban J connectivity index is 0.701. The fraction of sp³-hybridized carbons (Fsp3) is 0.962. The first-order valence-corrected chi connectivity index (χ1v) is 26.3. The molecule has 8 saturated carbocycles. The molecule has 8 heteroatoms. The van der Waals surface area contributed by atoms with Crippen LogP contribution in [0.2, 0.25) is 0 Å². The smallest absolute Gasteiger partial charge is 0.220 e. The maximum atomic E-state index is 13.0. The zero-order chi connectivity index (χ0) is 43.5. The standard InChI is InChI=1S/C53H90N2O6/c1-32(40-16-18-42-38-14-12-34-28-36(56)22-24-50(34,3)44(38)30-46(58)52(40,42)5)10-20-48(60)54-26-8-7-9-27-55-49(61)21-11-33(2)41-17-19-43-39-15-13-35-29-37(57)23-25-51(35,4)45(39)31-47(59)53(41,43)6/h32-47,56-59H,7-31H2,1-6H3,(H,54,60)(H,55,61)/t32-,33-,34-,35-,36-,37-,38+,39+,40-,41-,42+,43+,44+,45+,46+,47+,50+,51+,52-,53-/m1/s1. The maximum Gasteiger partial charge on any atom is 0.220 e. The van der Waals surface area contributed by atoms with E-state index in [1.54, 1.807) is 0 Å². The Morgan fingerprint density at radius 3 is 1.34 bits per heavy atom. The van der Waals surface area contributed by atoms with Gasteiger partial charge >= 0.3 is 0 Å². The first kappa shape index (κ1) is 46.3. The molecule has 8 aliphatic rings. The zero-order valence-electron chi connectivity index (χ0n) is 39.5. The summed E-state index contributed by atoms with van der Waals surface area (Å²) in [5, 5.41) is 51.0. The van der Waals surface area contributed by atoms with Gasteiger partial charge in [-0.3, -0.25) is 9.59 Å². The molecule has 0 aromatic heterocycles. The number of nitrogens with one attached hydrogen (secondary N) is 2. The van der Waals surface area contributed by atoms with Crippen LogP contribution in [0, 0.1) is 92.7 Å². The van der Waals surface area contributed by atoms with E-state index in [1.165, 1.54) is 38.5 Å². The van der Waals surface area contributed by atoms with E-state index in [0.29, 0.717) is 96.9 Å². The summed E-state index contributed by atoms with van der Waals surface area (Å²) in [6.07, 6.45) is 22.2. The Kier molecular flexibility index (Phi) is 13.8. The van der Waals surface area contributed by atoms with Crippen molar-refractivity contribution in [2.45, 2.75) is 214 Å². The molecule has 0 saturated heterocycles. The van der Waals surface area contributed by atoms with Crippen molar-refractivity contribution in [2.75, 3.05) is 13.1 Å². The van der Waals surface area contributed by atoms with Crippen LogP contribution in [0.4, 0.5) is 0 Å². The predicted molar refractivity (Wildman–Crippen MR) is 242 cm³/mol. The third-order valence-electron chi connectivity index (χ3n) is 22.2. The number of carbonyl (C=O) groups excluding carboxylic acids is 2. The highest BCUT2D eigenvalue weighted by Crippen LogP contribution is 2.70. The molecule has 8 rings (SSSR count). The molecule has 0 aliphatic heterocycles. The van der Waals surface area contributed by atoms with Crippen LogP contribution in [-0.4, -0.2) is 69.7 Å². The van der Waals surface area contributed by atoms with E-state index >= 15 is 0 Å². The van der Waals surface area contributed by atoms with Gasteiger partial charge in [0.2, 0.25) is 11.8 Å². The van der Waals surface area contributed by atoms with Crippen LogP contribution in [0.15, 0.2) is 0 Å². The topological polar surface area (TPSA) is 139 Å². The van der Waals surface area contributed by atoms with Gasteiger partial charge in [-0.05, 0) is 228 Å². The summed E-state index contributed by atoms with van der Waals surface area (Å²) in [6, 6.07) is 0. The van der Waals surface area contributed by atoms with Crippen LogP contribution in [0.3, 0.4) is 0 Å². The Morgan fingerprint density at radius 1 is 0.525 bits per heavy atom. The van der Waals surface area contributed by atoms with E-state index < -0.39 is 0 Å². The molecule has 348 valence electrons. The third-order valence-corrected chi connectivity index (χ3v) is 22.2. The lowest BCUT2D eigenvalue weighted by molar-refractivity contribution is -0.175. The molecule has 8 fully saturated rings. The molecule has 0 bridgehead atoms. The van der Waals surface area contributed by atoms with Crippen LogP contribution in [0.1, 0.15) is 189 Å². The number of unbranched alkanes of at least 4 members (excludes halogenated alkanes) is 2. The van der Waals surface area contributed by atoms with E-state index in [4.69, 9.17) is 0 Å². The van der Waals surface area contributed by atoms with Crippen molar-refractivity contribution >= 4 is 11.8 Å². The highest BCUT2D eigenvalue weighted by molar-refractivity contribution is 5.76. The summed E-state index contributed by atoms with van der Waals surface area (Å²) in [6.45, 7) is 15.8. The van der Waals surface area contributed by atoms with Crippen molar-refractivity contribution in [3.8, 4) is 0 Å². The molecule has 61 heavy (non-hydrogen) atoms. The average Bonchev–Trinajstić information content (AvgIpc) is 3.79. The van der Waals surface area contributed by atoms with Crippen LogP contribution < -0.4 is 10.6 Å². The highest BCUT2D eigenvalue weighted by atomic mass is 16.3. The van der Waals surface area contributed by atoms with E-state index in [-0.39, 0.29) is 57.9 Å². The Labute approximate surface area is 370 Å². The molecule has 6 N–H and O–H groups in total. The normalized spacial score (nSPS) is 48.6. The second kappa shape index (κ2) is 18.2. The van der Waals surface area contributed by atoms with Crippen molar-refractivity contribution in [1.29, 1.82) is 0 Å². The minimum atomic E-state index is -0.282. The molecule has 0 aromatic rings. The first-order chi connectivity index (χ1) is 29.0. The monoisotopic (exact) mass is 851 g/mol. The van der Waals surface area contributed by atoms with Gasteiger partial charge in [-0.1, -0.05) is 41.5 Å². The number of hydrogen-bond acceptors (Lipinski definition) is 6. The largest absolute Gasteiger partial charge is 0.393 e. The summed E-state index contributed by atoms with van der Waals surface area (Å²) >= 11 is 0. The third kappa shape index (κ3) is 8.34. The van der Waals surface area contributed by atoms with Gasteiger partial charge in [0.05, 0.1) is 24.4 Å². The number of hydrogen-bond donors (Lipinski definition) is 6. The molecular weight excluding hydrogens is 761 g/mol. The molecule has 0 heterocycles. The summed E-state index contributed by atoms with van der Waals surface area (Å²) in [4.78, 5) is 25.9. The lowest BCUT2D eigenvalue weighted by Gasteiger charge is -2.62. The Hall–Kier alpha value is -1.22. The lowest BCUT2D eigenvalue weighted by atomic mass is 9.43. The minimum Gasteiger partial charge on any atom is -0.393 e. The fourth-order valence-electron chi connectivity index (χ4n) is 18.5. The Bertz CT molecular complexity index is 1430. The number of aliphatic hydroxyl groups excluding tert-OH is 4. The summed E-state index contributed by atoms with van der Waals surface area (Å²) in [5.74, 6) is 6.83.